The molecule has 7 heteroatoms. The van der Waals surface area contributed by atoms with E-state index in [1.54, 1.807) is 6.20 Å². The van der Waals surface area contributed by atoms with E-state index in [2.05, 4.69) is 54.3 Å². The highest BCUT2D eigenvalue weighted by Gasteiger charge is 2.19. The first-order chi connectivity index (χ1) is 14.9. The first-order valence-electron chi connectivity index (χ1n) is 10.4. The third-order valence-electron chi connectivity index (χ3n) is 5.82. The van der Waals surface area contributed by atoms with Crippen molar-refractivity contribution in [3.8, 4) is 22.6 Å². The molecule has 4 aromatic heterocycles. The summed E-state index contributed by atoms with van der Waals surface area (Å²) in [5.74, 6) is 1.72. The van der Waals surface area contributed by atoms with Gasteiger partial charge >= 0.3 is 0 Å². The molecule has 1 aromatic carbocycles. The van der Waals surface area contributed by atoms with Crippen molar-refractivity contribution >= 4 is 27.8 Å². The van der Waals surface area contributed by atoms with Crippen molar-refractivity contribution in [3.63, 3.8) is 0 Å². The van der Waals surface area contributed by atoms with E-state index in [1.807, 2.05) is 24.5 Å². The number of nitrogens with zero attached hydrogens (tertiary/aromatic N) is 5. The van der Waals surface area contributed by atoms with Crippen LogP contribution in [-0.4, -0.2) is 43.2 Å². The Hall–Kier alpha value is -3.74. The summed E-state index contributed by atoms with van der Waals surface area (Å²) in [5, 5.41) is 8.74. The minimum absolute atomic E-state index is 0.755. The standard InChI is InChI=1S/C23H21N7/c1-2-11-30(12-3-1)23-21-19(8-10-25-23)26-22(27-21)20-17-13-15(6-7-18(17)28-29-20)16-5-4-9-24-14-16/h4-10,13-14H,1-3,11-12H2,(H,26,27)(H,28,29). The van der Waals surface area contributed by atoms with Gasteiger partial charge in [0, 0.05) is 42.6 Å². The Bertz CT molecular complexity index is 1330. The lowest BCUT2D eigenvalue weighted by atomic mass is 10.0. The molecule has 1 aliphatic rings. The first-order valence-corrected chi connectivity index (χ1v) is 10.4. The van der Waals surface area contributed by atoms with E-state index >= 15 is 0 Å². The van der Waals surface area contributed by atoms with Crippen molar-refractivity contribution in [2.75, 3.05) is 18.0 Å². The smallest absolute Gasteiger partial charge is 0.159 e. The number of imidazole rings is 1. The molecule has 0 unspecified atom stereocenters. The van der Waals surface area contributed by atoms with Gasteiger partial charge in [-0.3, -0.25) is 10.1 Å². The van der Waals surface area contributed by atoms with Crippen molar-refractivity contribution in [2.45, 2.75) is 19.3 Å². The van der Waals surface area contributed by atoms with Gasteiger partial charge in [0.15, 0.2) is 11.6 Å². The number of nitrogens with one attached hydrogen (secondary N) is 2. The molecular weight excluding hydrogens is 374 g/mol. The summed E-state index contributed by atoms with van der Waals surface area (Å²) in [4.78, 5) is 19.6. The molecule has 0 atom stereocenters. The van der Waals surface area contributed by atoms with E-state index in [0.29, 0.717) is 0 Å². The molecule has 7 nitrogen and oxygen atoms in total. The fraction of sp³-hybridized carbons (Fsp3) is 0.217. The topological polar surface area (TPSA) is 86.4 Å². The molecule has 5 aromatic rings. The molecule has 1 fully saturated rings. The van der Waals surface area contributed by atoms with Gasteiger partial charge in [-0.15, -0.1) is 0 Å². The second-order valence-corrected chi connectivity index (χ2v) is 7.74. The van der Waals surface area contributed by atoms with Gasteiger partial charge in [0.05, 0.1) is 11.0 Å². The van der Waals surface area contributed by atoms with Gasteiger partial charge in [0.1, 0.15) is 11.2 Å². The highest BCUT2D eigenvalue weighted by atomic mass is 15.2. The van der Waals surface area contributed by atoms with E-state index in [4.69, 9.17) is 4.98 Å². The average molecular weight is 395 g/mol. The van der Waals surface area contributed by atoms with Crippen LogP contribution < -0.4 is 4.90 Å². The van der Waals surface area contributed by atoms with Crippen LogP contribution in [0.1, 0.15) is 19.3 Å². The van der Waals surface area contributed by atoms with Gasteiger partial charge in [-0.1, -0.05) is 12.1 Å². The van der Waals surface area contributed by atoms with E-state index in [-0.39, 0.29) is 0 Å². The minimum atomic E-state index is 0.755. The van der Waals surface area contributed by atoms with Gasteiger partial charge in [-0.25, -0.2) is 9.97 Å². The number of aromatic nitrogens is 6. The Kier molecular flexibility index (Phi) is 3.97. The van der Waals surface area contributed by atoms with E-state index in [1.165, 1.54) is 19.3 Å². The van der Waals surface area contributed by atoms with Crippen LogP contribution in [0.15, 0.2) is 55.0 Å². The predicted molar refractivity (Wildman–Crippen MR) is 118 cm³/mol. The molecule has 0 aliphatic carbocycles. The molecule has 0 bridgehead atoms. The quantitative estimate of drug-likeness (QED) is 0.468. The molecule has 5 heterocycles. The van der Waals surface area contributed by atoms with Crippen LogP contribution in [0.5, 0.6) is 0 Å². The number of pyridine rings is 2. The Labute approximate surface area is 173 Å². The van der Waals surface area contributed by atoms with Crippen LogP contribution in [0.2, 0.25) is 0 Å². The van der Waals surface area contributed by atoms with Crippen LogP contribution >= 0.6 is 0 Å². The molecule has 0 radical (unpaired) electrons. The fourth-order valence-electron chi connectivity index (χ4n) is 4.28. The normalized spacial score (nSPS) is 14.6. The van der Waals surface area contributed by atoms with Gasteiger partial charge in [-0.2, -0.15) is 5.10 Å². The van der Waals surface area contributed by atoms with Crippen molar-refractivity contribution in [3.05, 3.63) is 55.0 Å². The van der Waals surface area contributed by atoms with E-state index < -0.39 is 0 Å². The van der Waals surface area contributed by atoms with E-state index in [9.17, 15) is 0 Å². The zero-order valence-corrected chi connectivity index (χ0v) is 16.5. The van der Waals surface area contributed by atoms with Crippen molar-refractivity contribution in [2.24, 2.45) is 0 Å². The SMILES string of the molecule is c1cncc(-c2ccc3[nH]nc(-c4nc5c(N6CCCCC6)nccc5[nH]4)c3c2)c1. The summed E-state index contributed by atoms with van der Waals surface area (Å²) >= 11 is 0. The van der Waals surface area contributed by atoms with Crippen molar-refractivity contribution in [1.82, 2.24) is 30.1 Å². The maximum atomic E-state index is 4.93. The highest BCUT2D eigenvalue weighted by molar-refractivity contribution is 5.97. The number of anilines is 1. The largest absolute Gasteiger partial charge is 0.355 e. The number of H-pyrrole nitrogens is 2. The maximum absolute atomic E-state index is 4.93. The van der Waals surface area contributed by atoms with Gasteiger partial charge in [0.25, 0.3) is 0 Å². The summed E-state index contributed by atoms with van der Waals surface area (Å²) in [7, 11) is 0. The third-order valence-corrected chi connectivity index (χ3v) is 5.82. The Morgan fingerprint density at radius 1 is 0.900 bits per heavy atom. The number of hydrogen-bond donors (Lipinski definition) is 2. The van der Waals surface area contributed by atoms with Gasteiger partial charge in [0.2, 0.25) is 0 Å². The Balaban J connectivity index is 1.47. The number of hydrogen-bond acceptors (Lipinski definition) is 5. The zero-order valence-electron chi connectivity index (χ0n) is 16.5. The number of rotatable bonds is 3. The molecule has 0 spiro atoms. The monoisotopic (exact) mass is 395 g/mol. The summed E-state index contributed by atoms with van der Waals surface area (Å²) in [6.07, 6.45) is 9.22. The molecule has 1 aliphatic heterocycles. The van der Waals surface area contributed by atoms with Crippen LogP contribution in [0.25, 0.3) is 44.6 Å². The molecule has 2 N–H and O–H groups in total. The molecule has 1 saturated heterocycles. The number of benzene rings is 1. The second kappa shape index (κ2) is 6.95. The highest BCUT2D eigenvalue weighted by Crippen LogP contribution is 2.32. The zero-order chi connectivity index (χ0) is 19.9. The van der Waals surface area contributed by atoms with E-state index in [0.717, 1.165) is 63.5 Å². The molecule has 148 valence electrons. The van der Waals surface area contributed by atoms with Crippen LogP contribution in [0.3, 0.4) is 0 Å². The molecule has 0 saturated carbocycles. The molecule has 6 rings (SSSR count). The lowest BCUT2D eigenvalue weighted by molar-refractivity contribution is 0.574. The second-order valence-electron chi connectivity index (χ2n) is 7.74. The lowest BCUT2D eigenvalue weighted by Crippen LogP contribution is -2.30. The van der Waals surface area contributed by atoms with Gasteiger partial charge < -0.3 is 9.88 Å². The minimum Gasteiger partial charge on any atom is -0.355 e. The molecule has 30 heavy (non-hydrogen) atoms. The third kappa shape index (κ3) is 2.82. The van der Waals surface area contributed by atoms with Crippen LogP contribution in [-0.2, 0) is 0 Å². The van der Waals surface area contributed by atoms with Crippen molar-refractivity contribution < 1.29 is 0 Å². The first kappa shape index (κ1) is 17.1. The summed E-state index contributed by atoms with van der Waals surface area (Å²) in [6.45, 7) is 2.07. The van der Waals surface area contributed by atoms with Crippen LogP contribution in [0.4, 0.5) is 5.82 Å². The molecule has 0 amide bonds. The Morgan fingerprint density at radius 3 is 2.70 bits per heavy atom. The van der Waals surface area contributed by atoms with Crippen LogP contribution in [0, 0.1) is 0 Å². The predicted octanol–water partition coefficient (Wildman–Crippen LogP) is 4.55. The maximum Gasteiger partial charge on any atom is 0.159 e. The van der Waals surface area contributed by atoms with Crippen molar-refractivity contribution in [1.29, 1.82) is 0 Å². The summed E-state index contributed by atoms with van der Waals surface area (Å²) in [6, 6.07) is 12.3. The number of aromatic amines is 2. The molecular formula is C23H21N7. The van der Waals surface area contributed by atoms with Gasteiger partial charge in [-0.05, 0) is 49.1 Å². The number of piperidine rings is 1. The summed E-state index contributed by atoms with van der Waals surface area (Å²) < 4.78 is 0. The lowest BCUT2D eigenvalue weighted by Gasteiger charge is -2.27. The summed E-state index contributed by atoms with van der Waals surface area (Å²) in [5.41, 5.74) is 5.87. The fourth-order valence-corrected chi connectivity index (χ4v) is 4.28. The Morgan fingerprint density at radius 2 is 1.83 bits per heavy atom. The number of fused-ring (bicyclic) bond motifs is 2. The average Bonchev–Trinajstić information content (AvgIpc) is 3.43.